The van der Waals surface area contributed by atoms with Crippen LogP contribution in [-0.4, -0.2) is 0 Å². The largest absolute Gasteiger partial charge is 0.310 e. The van der Waals surface area contributed by atoms with Gasteiger partial charge in [-0.2, -0.15) is 0 Å². The molecule has 14 rings (SSSR count). The van der Waals surface area contributed by atoms with Crippen LogP contribution >= 0.6 is 0 Å². The summed E-state index contributed by atoms with van der Waals surface area (Å²) >= 11 is 0. The van der Waals surface area contributed by atoms with Crippen LogP contribution in [0.1, 0.15) is 44.5 Å². The second-order valence-corrected chi connectivity index (χ2v) is 18.7. The third-order valence-corrected chi connectivity index (χ3v) is 15.4. The van der Waals surface area contributed by atoms with Gasteiger partial charge in [-0.1, -0.05) is 237 Å². The molecule has 0 saturated heterocycles. The van der Waals surface area contributed by atoms with E-state index in [1.165, 1.54) is 89.0 Å². The van der Waals surface area contributed by atoms with Crippen LogP contribution in [0.5, 0.6) is 0 Å². The van der Waals surface area contributed by atoms with Crippen molar-refractivity contribution in [3.63, 3.8) is 0 Å². The summed E-state index contributed by atoms with van der Waals surface area (Å²) in [6, 6.07) is 102. The van der Waals surface area contributed by atoms with E-state index in [9.17, 15) is 0 Å². The van der Waals surface area contributed by atoms with Gasteiger partial charge in [0.05, 0.1) is 16.5 Å². The van der Waals surface area contributed by atoms with Crippen LogP contribution in [0.25, 0.3) is 55.6 Å². The zero-order chi connectivity index (χ0) is 45.5. The van der Waals surface area contributed by atoms with E-state index >= 15 is 0 Å². The lowest BCUT2D eigenvalue weighted by Gasteiger charge is -2.35. The van der Waals surface area contributed by atoms with Crippen molar-refractivity contribution in [2.45, 2.75) is 10.8 Å². The van der Waals surface area contributed by atoms with Crippen molar-refractivity contribution < 1.29 is 0 Å². The first-order valence-corrected chi connectivity index (χ1v) is 24.1. The molecule has 0 aromatic heterocycles. The maximum absolute atomic E-state index is 2.55. The molecule has 11 aromatic rings. The lowest BCUT2D eigenvalue weighted by Crippen LogP contribution is -2.28. The number of fused-ring (bicyclic) bond motifs is 13. The number of nitrogens with zero attached hydrogens (tertiary/aromatic N) is 1. The second-order valence-electron chi connectivity index (χ2n) is 18.7. The van der Waals surface area contributed by atoms with Crippen molar-refractivity contribution in [3.8, 4) is 55.6 Å². The van der Waals surface area contributed by atoms with Crippen molar-refractivity contribution in [1.82, 2.24) is 0 Å². The van der Waals surface area contributed by atoms with E-state index in [2.05, 4.69) is 278 Å². The highest BCUT2D eigenvalue weighted by Crippen LogP contribution is 2.64. The van der Waals surface area contributed by atoms with Gasteiger partial charge in [0, 0.05) is 16.9 Å². The topological polar surface area (TPSA) is 3.24 Å². The molecular weight excluding hydrogens is 831 g/mol. The summed E-state index contributed by atoms with van der Waals surface area (Å²) in [6.07, 6.45) is 0. The Morgan fingerprint density at radius 2 is 0.580 bits per heavy atom. The van der Waals surface area contributed by atoms with E-state index in [4.69, 9.17) is 0 Å². The Kier molecular flexibility index (Phi) is 8.78. The number of hydrogen-bond donors (Lipinski definition) is 0. The lowest BCUT2D eigenvalue weighted by atomic mass is 9.67. The summed E-state index contributed by atoms with van der Waals surface area (Å²) in [5.41, 5.74) is 25.0. The Bertz CT molecular complexity index is 3570. The van der Waals surface area contributed by atoms with Gasteiger partial charge in [-0.15, -0.1) is 0 Å². The molecule has 3 aliphatic rings. The molecule has 0 aliphatic heterocycles. The van der Waals surface area contributed by atoms with Crippen molar-refractivity contribution in [1.29, 1.82) is 0 Å². The predicted molar refractivity (Wildman–Crippen MR) is 286 cm³/mol. The third-order valence-electron chi connectivity index (χ3n) is 15.4. The normalized spacial score (nSPS) is 13.7. The standard InChI is InChI=1S/C68H45N/c1-5-21-46(22-6-1)48-37-42-66(59(43-48)47-23-7-2-8-24-47)69(51-38-40-57-55-31-13-17-33-60(55)67(64(57)44-51,49-25-9-3-10-26-49)50-27-11-4-12-28-50)52-39-41-58-56-32-16-20-36-63(56)68(65(58)45-52)61-34-18-14-29-53(61)54-30-15-19-35-62(54)68/h1-45H. The van der Waals surface area contributed by atoms with Crippen molar-refractivity contribution >= 4 is 17.1 Å². The van der Waals surface area contributed by atoms with Gasteiger partial charge in [0.1, 0.15) is 0 Å². The molecule has 1 nitrogen and oxygen atoms in total. The Morgan fingerprint density at radius 1 is 0.217 bits per heavy atom. The molecule has 0 fully saturated rings. The van der Waals surface area contributed by atoms with Crippen LogP contribution in [0.3, 0.4) is 0 Å². The third kappa shape index (κ3) is 5.59. The first kappa shape index (κ1) is 39.4. The first-order chi connectivity index (χ1) is 34.2. The fraction of sp³-hybridized carbons (Fsp3) is 0.0294. The second kappa shape index (κ2) is 15.4. The molecule has 0 unspecified atom stereocenters. The van der Waals surface area contributed by atoms with Gasteiger partial charge in [0.15, 0.2) is 0 Å². The Labute approximate surface area is 403 Å². The molecular formula is C68H45N. The van der Waals surface area contributed by atoms with Gasteiger partial charge in [-0.25, -0.2) is 0 Å². The minimum Gasteiger partial charge on any atom is -0.310 e. The van der Waals surface area contributed by atoms with Crippen molar-refractivity contribution in [3.05, 3.63) is 317 Å². The van der Waals surface area contributed by atoms with Crippen molar-refractivity contribution in [2.75, 3.05) is 4.90 Å². The minimum absolute atomic E-state index is 0.491. The number of hydrogen-bond acceptors (Lipinski definition) is 1. The summed E-state index contributed by atoms with van der Waals surface area (Å²) < 4.78 is 0. The summed E-state index contributed by atoms with van der Waals surface area (Å²) in [5, 5.41) is 0. The maximum atomic E-state index is 2.55. The molecule has 0 bridgehead atoms. The van der Waals surface area contributed by atoms with Gasteiger partial charge in [-0.3, -0.25) is 0 Å². The average molecular weight is 876 g/mol. The molecule has 0 atom stereocenters. The smallest absolute Gasteiger partial charge is 0.0726 e. The molecule has 11 aromatic carbocycles. The van der Waals surface area contributed by atoms with E-state index in [0.29, 0.717) is 0 Å². The van der Waals surface area contributed by atoms with E-state index in [0.717, 1.165) is 28.2 Å². The SMILES string of the molecule is c1ccc(-c2ccc(N(c3ccc4c(c3)C(c3ccccc3)(c3ccccc3)c3ccccc3-4)c3ccc4c(c3)C3(c5ccccc5-c5ccccc53)c3ccccc3-4)c(-c3ccccc3)c2)cc1. The zero-order valence-electron chi connectivity index (χ0n) is 37.9. The molecule has 0 saturated carbocycles. The molecule has 3 aliphatic carbocycles. The van der Waals surface area contributed by atoms with Gasteiger partial charge in [-0.05, 0) is 131 Å². The van der Waals surface area contributed by atoms with Crippen molar-refractivity contribution in [2.24, 2.45) is 0 Å². The van der Waals surface area contributed by atoms with E-state index in [1.54, 1.807) is 0 Å². The van der Waals surface area contributed by atoms with E-state index in [-0.39, 0.29) is 0 Å². The Morgan fingerprint density at radius 3 is 1.04 bits per heavy atom. The van der Waals surface area contributed by atoms with Crippen LogP contribution in [0.4, 0.5) is 17.1 Å². The monoisotopic (exact) mass is 875 g/mol. The van der Waals surface area contributed by atoms with Gasteiger partial charge in [0.2, 0.25) is 0 Å². The lowest BCUT2D eigenvalue weighted by molar-refractivity contribution is 0.768. The number of benzene rings is 11. The van der Waals surface area contributed by atoms with Gasteiger partial charge >= 0.3 is 0 Å². The fourth-order valence-corrected chi connectivity index (χ4v) is 12.6. The Hall–Kier alpha value is -8.78. The van der Waals surface area contributed by atoms with Crippen LogP contribution in [0, 0.1) is 0 Å². The molecule has 0 heterocycles. The molecule has 69 heavy (non-hydrogen) atoms. The fourth-order valence-electron chi connectivity index (χ4n) is 12.6. The van der Waals surface area contributed by atoms with Crippen LogP contribution in [0.15, 0.2) is 273 Å². The highest BCUT2D eigenvalue weighted by molar-refractivity contribution is 5.98. The molecule has 1 spiro atoms. The average Bonchev–Trinajstić information content (AvgIpc) is 4.02. The Balaban J connectivity index is 1.08. The predicted octanol–water partition coefficient (Wildman–Crippen LogP) is 17.2. The minimum atomic E-state index is -0.559. The van der Waals surface area contributed by atoms with Crippen LogP contribution in [-0.2, 0) is 10.8 Å². The van der Waals surface area contributed by atoms with E-state index < -0.39 is 10.8 Å². The molecule has 322 valence electrons. The molecule has 0 N–H and O–H groups in total. The molecule has 1 heteroatoms. The van der Waals surface area contributed by atoms with Crippen LogP contribution in [0.2, 0.25) is 0 Å². The molecule has 0 amide bonds. The number of anilines is 3. The summed E-state index contributed by atoms with van der Waals surface area (Å²) in [5.74, 6) is 0. The highest BCUT2D eigenvalue weighted by atomic mass is 15.1. The summed E-state index contributed by atoms with van der Waals surface area (Å²) in [7, 11) is 0. The number of rotatable bonds is 7. The van der Waals surface area contributed by atoms with Gasteiger partial charge in [0.25, 0.3) is 0 Å². The maximum Gasteiger partial charge on any atom is 0.0726 e. The van der Waals surface area contributed by atoms with E-state index in [1.807, 2.05) is 0 Å². The molecule has 0 radical (unpaired) electrons. The first-order valence-electron chi connectivity index (χ1n) is 24.1. The zero-order valence-corrected chi connectivity index (χ0v) is 37.9. The van der Waals surface area contributed by atoms with Gasteiger partial charge < -0.3 is 4.90 Å². The summed E-state index contributed by atoms with van der Waals surface area (Å²) in [6.45, 7) is 0. The summed E-state index contributed by atoms with van der Waals surface area (Å²) in [4.78, 5) is 2.55. The quantitative estimate of drug-likeness (QED) is 0.154. The van der Waals surface area contributed by atoms with Crippen LogP contribution < -0.4 is 4.90 Å². The highest BCUT2D eigenvalue weighted by Gasteiger charge is 2.52.